The minimum atomic E-state index is -4.65. The molecular weight excluding hydrogens is 208 g/mol. The van der Waals surface area contributed by atoms with Crippen molar-refractivity contribution in [1.29, 1.82) is 0 Å². The predicted molar refractivity (Wildman–Crippen MR) is 56.4 cm³/mol. The molecule has 0 saturated carbocycles. The van der Waals surface area contributed by atoms with Crippen LogP contribution in [0.25, 0.3) is 0 Å². The van der Waals surface area contributed by atoms with E-state index in [1.54, 1.807) is 0 Å². The van der Waals surface area contributed by atoms with Gasteiger partial charge in [0.05, 0.1) is 0 Å². The van der Waals surface area contributed by atoms with E-state index >= 15 is 0 Å². The topological polar surface area (TPSA) is 0 Å². The van der Waals surface area contributed by atoms with E-state index in [1.165, 1.54) is 0 Å². The highest BCUT2D eigenvalue weighted by molar-refractivity contribution is 7.99. The SMILES string of the molecule is Cc1ccccc1CSC[B-](F)(F)F. The molecule has 0 amide bonds. The summed E-state index contributed by atoms with van der Waals surface area (Å²) >= 11 is 0.930. The molecule has 0 saturated heterocycles. The van der Waals surface area contributed by atoms with E-state index in [4.69, 9.17) is 0 Å². The zero-order valence-corrected chi connectivity index (χ0v) is 8.66. The van der Waals surface area contributed by atoms with E-state index < -0.39 is 12.6 Å². The van der Waals surface area contributed by atoms with E-state index in [2.05, 4.69) is 0 Å². The quantitative estimate of drug-likeness (QED) is 0.697. The molecule has 0 bridgehead atoms. The van der Waals surface area contributed by atoms with Gasteiger partial charge in [-0.05, 0) is 23.7 Å². The Labute approximate surface area is 86.0 Å². The number of aryl methyl sites for hydroxylation is 1. The molecule has 14 heavy (non-hydrogen) atoms. The van der Waals surface area contributed by atoms with Crippen LogP contribution in [0.2, 0.25) is 0 Å². The summed E-state index contributed by atoms with van der Waals surface area (Å²) in [7, 11) is 0. The molecule has 78 valence electrons. The lowest BCUT2D eigenvalue weighted by molar-refractivity contribution is 0.485. The molecule has 0 atom stereocenters. The molecule has 0 spiro atoms. The third kappa shape index (κ3) is 4.09. The summed E-state index contributed by atoms with van der Waals surface area (Å²) in [5.74, 6) is 0.438. The lowest BCUT2D eigenvalue weighted by atomic mass is 9.98. The first kappa shape index (κ1) is 11.5. The van der Waals surface area contributed by atoms with Gasteiger partial charge in [-0.2, -0.15) is 11.8 Å². The van der Waals surface area contributed by atoms with Gasteiger partial charge in [-0.25, -0.2) is 0 Å². The van der Waals surface area contributed by atoms with Gasteiger partial charge in [0.2, 0.25) is 0 Å². The summed E-state index contributed by atoms with van der Waals surface area (Å²) in [4.78, 5) is 0. The first-order chi connectivity index (χ1) is 6.49. The van der Waals surface area contributed by atoms with Crippen molar-refractivity contribution >= 4 is 18.7 Å². The van der Waals surface area contributed by atoms with Crippen molar-refractivity contribution in [3.05, 3.63) is 35.4 Å². The van der Waals surface area contributed by atoms with Gasteiger partial charge in [-0.15, -0.1) is 0 Å². The van der Waals surface area contributed by atoms with Gasteiger partial charge in [0, 0.05) is 5.75 Å². The molecular formula is C9H11BF3S-. The van der Waals surface area contributed by atoms with Crippen LogP contribution in [0.1, 0.15) is 11.1 Å². The maximum absolute atomic E-state index is 11.9. The number of benzene rings is 1. The van der Waals surface area contributed by atoms with Crippen LogP contribution in [0.15, 0.2) is 24.3 Å². The predicted octanol–water partition coefficient (Wildman–Crippen LogP) is 3.61. The Morgan fingerprint density at radius 2 is 1.86 bits per heavy atom. The Balaban J connectivity index is 2.43. The van der Waals surface area contributed by atoms with Gasteiger partial charge in [0.15, 0.2) is 0 Å². The molecule has 0 unspecified atom stereocenters. The van der Waals surface area contributed by atoms with Crippen molar-refractivity contribution in [2.24, 2.45) is 0 Å². The summed E-state index contributed by atoms with van der Waals surface area (Å²) in [6, 6.07) is 7.51. The van der Waals surface area contributed by atoms with Crippen molar-refractivity contribution in [2.75, 3.05) is 5.65 Å². The highest BCUT2D eigenvalue weighted by Crippen LogP contribution is 2.21. The standard InChI is InChI=1S/C9H11BF3S/c1-8-4-2-3-5-9(8)6-14-7-10(11,12)13/h2-5H,6-7H2,1H3/q-1. The molecule has 1 aromatic rings. The summed E-state index contributed by atoms with van der Waals surface area (Å²) in [5, 5.41) is 0. The van der Waals surface area contributed by atoms with Gasteiger partial charge in [-0.1, -0.05) is 24.3 Å². The normalized spacial score (nSPS) is 11.7. The van der Waals surface area contributed by atoms with Crippen LogP contribution in [0.5, 0.6) is 0 Å². The van der Waals surface area contributed by atoms with E-state index in [-0.39, 0.29) is 0 Å². The van der Waals surface area contributed by atoms with Crippen LogP contribution in [0.4, 0.5) is 12.9 Å². The Morgan fingerprint density at radius 3 is 2.43 bits per heavy atom. The fourth-order valence-electron chi connectivity index (χ4n) is 1.07. The van der Waals surface area contributed by atoms with Gasteiger partial charge < -0.3 is 12.9 Å². The molecule has 0 aromatic heterocycles. The molecule has 0 nitrogen and oxygen atoms in total. The fourth-order valence-corrected chi connectivity index (χ4v) is 2.00. The number of hydrogen-bond donors (Lipinski definition) is 0. The lowest BCUT2D eigenvalue weighted by Crippen LogP contribution is -2.19. The van der Waals surface area contributed by atoms with Crippen LogP contribution >= 0.6 is 11.8 Å². The lowest BCUT2D eigenvalue weighted by Gasteiger charge is -2.13. The van der Waals surface area contributed by atoms with Crippen molar-refractivity contribution in [1.82, 2.24) is 0 Å². The zero-order chi connectivity index (χ0) is 10.6. The average Bonchev–Trinajstić information content (AvgIpc) is 2.06. The van der Waals surface area contributed by atoms with E-state index in [9.17, 15) is 12.9 Å². The minimum absolute atomic E-state index is 0.438. The fraction of sp³-hybridized carbons (Fsp3) is 0.333. The number of rotatable bonds is 4. The van der Waals surface area contributed by atoms with Gasteiger partial charge in [-0.3, -0.25) is 0 Å². The second-order valence-electron chi connectivity index (χ2n) is 3.15. The van der Waals surface area contributed by atoms with Crippen LogP contribution in [0.3, 0.4) is 0 Å². The molecule has 0 radical (unpaired) electrons. The maximum atomic E-state index is 11.9. The zero-order valence-electron chi connectivity index (χ0n) is 7.84. The van der Waals surface area contributed by atoms with Gasteiger partial charge in [0.25, 0.3) is 0 Å². The molecule has 5 heteroatoms. The van der Waals surface area contributed by atoms with Gasteiger partial charge >= 0.3 is 6.98 Å². The number of halogens is 3. The van der Waals surface area contributed by atoms with Crippen molar-refractivity contribution in [2.45, 2.75) is 12.7 Å². The van der Waals surface area contributed by atoms with Crippen molar-refractivity contribution < 1.29 is 12.9 Å². The highest BCUT2D eigenvalue weighted by Gasteiger charge is 2.22. The second-order valence-corrected chi connectivity index (χ2v) is 4.18. The number of thioether (sulfide) groups is 1. The summed E-state index contributed by atoms with van der Waals surface area (Å²) < 4.78 is 35.7. The largest absolute Gasteiger partial charge is 0.488 e. The third-order valence-electron chi connectivity index (χ3n) is 1.83. The highest BCUT2D eigenvalue weighted by atomic mass is 32.2. The average molecular weight is 219 g/mol. The van der Waals surface area contributed by atoms with E-state index in [0.29, 0.717) is 5.75 Å². The Hall–Kier alpha value is -0.575. The Bertz CT molecular complexity index is 298. The van der Waals surface area contributed by atoms with Crippen molar-refractivity contribution in [3.8, 4) is 0 Å². The van der Waals surface area contributed by atoms with Crippen LogP contribution in [0, 0.1) is 6.92 Å². The van der Waals surface area contributed by atoms with Crippen LogP contribution in [-0.2, 0) is 5.75 Å². The Morgan fingerprint density at radius 1 is 1.21 bits per heavy atom. The third-order valence-corrected chi connectivity index (χ3v) is 2.95. The summed E-state index contributed by atoms with van der Waals surface area (Å²) in [6.45, 7) is -2.74. The molecule has 0 aliphatic heterocycles. The van der Waals surface area contributed by atoms with Gasteiger partial charge in [0.1, 0.15) is 0 Å². The smallest absolute Gasteiger partial charge is 0.448 e. The number of hydrogen-bond acceptors (Lipinski definition) is 1. The summed E-state index contributed by atoms with van der Waals surface area (Å²) in [6.07, 6.45) is 0. The molecule has 0 aliphatic carbocycles. The summed E-state index contributed by atoms with van der Waals surface area (Å²) in [5.41, 5.74) is 1.32. The Kier molecular flexibility index (Phi) is 3.92. The second kappa shape index (κ2) is 4.78. The van der Waals surface area contributed by atoms with Crippen molar-refractivity contribution in [3.63, 3.8) is 0 Å². The first-order valence-electron chi connectivity index (χ1n) is 4.32. The van der Waals surface area contributed by atoms with Crippen LogP contribution in [-0.4, -0.2) is 12.6 Å². The van der Waals surface area contributed by atoms with E-state index in [0.717, 1.165) is 22.9 Å². The molecule has 0 aliphatic rings. The van der Waals surface area contributed by atoms with Crippen LogP contribution < -0.4 is 0 Å². The maximum Gasteiger partial charge on any atom is 0.488 e. The molecule has 1 rings (SSSR count). The molecule has 1 aromatic carbocycles. The molecule has 0 heterocycles. The minimum Gasteiger partial charge on any atom is -0.448 e. The molecule has 0 N–H and O–H groups in total. The van der Waals surface area contributed by atoms with E-state index in [1.807, 2.05) is 31.2 Å². The molecule has 0 fully saturated rings. The first-order valence-corrected chi connectivity index (χ1v) is 5.48. The monoisotopic (exact) mass is 219 g/mol.